The Balaban J connectivity index is 2.84. The number of hydrogen-bond acceptors (Lipinski definition) is 3. The minimum atomic E-state index is -0.829. The number of carbonyl (C=O) groups excluding carboxylic acids is 1. The Morgan fingerprint density at radius 3 is 2.33 bits per heavy atom. The first kappa shape index (κ1) is 15.2. The summed E-state index contributed by atoms with van der Waals surface area (Å²) in [7, 11) is 0. The molecule has 0 amide bonds. The van der Waals surface area contributed by atoms with Crippen molar-refractivity contribution in [2.24, 2.45) is 17.1 Å². The predicted octanol–water partition coefficient (Wildman–Crippen LogP) is 2.36. The number of Topliss-reactive ketones (excluding diaryl/α,β-unsaturated/α-hetero) is 1. The van der Waals surface area contributed by atoms with Crippen LogP contribution in [0, 0.1) is 11.3 Å². The van der Waals surface area contributed by atoms with E-state index in [9.17, 15) is 14.7 Å². The Morgan fingerprint density at radius 1 is 1.28 bits per heavy atom. The van der Waals surface area contributed by atoms with Crippen LogP contribution in [0.3, 0.4) is 0 Å². The molecule has 1 aliphatic rings. The summed E-state index contributed by atoms with van der Waals surface area (Å²) in [5, 5.41) is 9.54. The van der Waals surface area contributed by atoms with E-state index in [0.717, 1.165) is 32.1 Å². The summed E-state index contributed by atoms with van der Waals surface area (Å²) in [6, 6.07) is 0. The van der Waals surface area contributed by atoms with Gasteiger partial charge in [-0.05, 0) is 19.3 Å². The zero-order valence-electron chi connectivity index (χ0n) is 11.3. The summed E-state index contributed by atoms with van der Waals surface area (Å²) in [6.07, 6.45) is 6.80. The zero-order chi connectivity index (χ0) is 13.6. The SMILES string of the molecule is CCCCCC(C(=O)CN)C1(C(=O)O)CCCC1. The normalized spacial score (nSPS) is 19.7. The van der Waals surface area contributed by atoms with Crippen molar-refractivity contribution < 1.29 is 14.7 Å². The molecule has 0 radical (unpaired) electrons. The van der Waals surface area contributed by atoms with Crippen molar-refractivity contribution in [3.63, 3.8) is 0 Å². The van der Waals surface area contributed by atoms with Crippen LogP contribution in [0.25, 0.3) is 0 Å². The molecule has 1 fully saturated rings. The second-order valence-corrected chi connectivity index (χ2v) is 5.39. The molecule has 1 rings (SSSR count). The molecule has 0 heterocycles. The number of carboxylic acid groups (broad SMARTS) is 1. The first-order chi connectivity index (χ1) is 8.58. The monoisotopic (exact) mass is 255 g/mol. The molecule has 1 atom stereocenters. The Bertz CT molecular complexity index is 295. The molecular weight excluding hydrogens is 230 g/mol. The Hall–Kier alpha value is -0.900. The van der Waals surface area contributed by atoms with Crippen LogP contribution < -0.4 is 5.73 Å². The van der Waals surface area contributed by atoms with Gasteiger partial charge in [-0.1, -0.05) is 39.0 Å². The molecule has 1 aliphatic carbocycles. The lowest BCUT2D eigenvalue weighted by molar-refractivity contribution is -0.156. The summed E-state index contributed by atoms with van der Waals surface area (Å²) in [5.74, 6) is -1.26. The lowest BCUT2D eigenvalue weighted by Crippen LogP contribution is -2.42. The molecule has 4 heteroatoms. The second-order valence-electron chi connectivity index (χ2n) is 5.39. The summed E-state index contributed by atoms with van der Waals surface area (Å²) in [6.45, 7) is 2.06. The number of carboxylic acids is 1. The van der Waals surface area contributed by atoms with Crippen molar-refractivity contribution in [3.8, 4) is 0 Å². The van der Waals surface area contributed by atoms with E-state index >= 15 is 0 Å². The van der Waals surface area contributed by atoms with Crippen LogP contribution in [0.2, 0.25) is 0 Å². The van der Waals surface area contributed by atoms with Gasteiger partial charge < -0.3 is 10.8 Å². The quantitative estimate of drug-likeness (QED) is 0.652. The maximum atomic E-state index is 12.0. The van der Waals surface area contributed by atoms with Gasteiger partial charge in [0, 0.05) is 5.92 Å². The molecule has 3 N–H and O–H groups in total. The topological polar surface area (TPSA) is 80.4 Å². The molecule has 104 valence electrons. The molecule has 0 aromatic heterocycles. The molecule has 0 aliphatic heterocycles. The molecule has 1 saturated carbocycles. The van der Waals surface area contributed by atoms with Gasteiger partial charge in [0.2, 0.25) is 0 Å². The highest BCUT2D eigenvalue weighted by Gasteiger charge is 2.49. The summed E-state index contributed by atoms with van der Waals surface area (Å²) < 4.78 is 0. The van der Waals surface area contributed by atoms with Gasteiger partial charge in [0.25, 0.3) is 0 Å². The van der Waals surface area contributed by atoms with E-state index in [0.29, 0.717) is 19.3 Å². The lowest BCUT2D eigenvalue weighted by Gasteiger charge is -2.32. The number of unbranched alkanes of at least 4 members (excludes halogenated alkanes) is 2. The minimum absolute atomic E-state index is 0.0359. The molecule has 0 aromatic carbocycles. The van der Waals surface area contributed by atoms with Gasteiger partial charge >= 0.3 is 5.97 Å². The van der Waals surface area contributed by atoms with Crippen LogP contribution in [-0.4, -0.2) is 23.4 Å². The number of ketones is 1. The minimum Gasteiger partial charge on any atom is -0.481 e. The number of aliphatic carboxylic acids is 1. The van der Waals surface area contributed by atoms with Gasteiger partial charge in [-0.3, -0.25) is 9.59 Å². The van der Waals surface area contributed by atoms with E-state index < -0.39 is 11.4 Å². The molecular formula is C14H25NO3. The van der Waals surface area contributed by atoms with Crippen LogP contribution in [0.15, 0.2) is 0 Å². The third kappa shape index (κ3) is 3.10. The molecule has 0 aromatic rings. The van der Waals surface area contributed by atoms with E-state index in [4.69, 9.17) is 5.73 Å². The van der Waals surface area contributed by atoms with Crippen molar-refractivity contribution in [1.82, 2.24) is 0 Å². The third-order valence-corrected chi connectivity index (χ3v) is 4.27. The zero-order valence-corrected chi connectivity index (χ0v) is 11.3. The molecule has 4 nitrogen and oxygen atoms in total. The van der Waals surface area contributed by atoms with Crippen LogP contribution in [0.4, 0.5) is 0 Å². The predicted molar refractivity (Wildman–Crippen MR) is 70.2 cm³/mol. The van der Waals surface area contributed by atoms with Gasteiger partial charge in [0.05, 0.1) is 12.0 Å². The van der Waals surface area contributed by atoms with E-state index in [-0.39, 0.29) is 18.2 Å². The van der Waals surface area contributed by atoms with Gasteiger partial charge in [-0.15, -0.1) is 0 Å². The summed E-state index contributed by atoms with van der Waals surface area (Å²) in [5.41, 5.74) is 4.63. The van der Waals surface area contributed by atoms with Crippen LogP contribution in [0.1, 0.15) is 58.3 Å². The fourth-order valence-corrected chi connectivity index (χ4v) is 3.20. The van der Waals surface area contributed by atoms with E-state index in [1.807, 2.05) is 0 Å². The average molecular weight is 255 g/mol. The highest BCUT2D eigenvalue weighted by atomic mass is 16.4. The average Bonchev–Trinajstić information content (AvgIpc) is 2.84. The first-order valence-corrected chi connectivity index (χ1v) is 7.04. The maximum Gasteiger partial charge on any atom is 0.310 e. The van der Waals surface area contributed by atoms with Gasteiger partial charge in [0.15, 0.2) is 5.78 Å². The van der Waals surface area contributed by atoms with Crippen LogP contribution >= 0.6 is 0 Å². The molecule has 1 unspecified atom stereocenters. The molecule has 0 bridgehead atoms. The Morgan fingerprint density at radius 2 is 1.89 bits per heavy atom. The second kappa shape index (κ2) is 6.88. The van der Waals surface area contributed by atoms with E-state index in [1.165, 1.54) is 0 Å². The third-order valence-electron chi connectivity index (χ3n) is 4.27. The van der Waals surface area contributed by atoms with E-state index in [2.05, 4.69) is 6.92 Å². The van der Waals surface area contributed by atoms with Crippen molar-refractivity contribution in [1.29, 1.82) is 0 Å². The molecule has 0 saturated heterocycles. The lowest BCUT2D eigenvalue weighted by atomic mass is 9.69. The molecule has 18 heavy (non-hydrogen) atoms. The fraction of sp³-hybridized carbons (Fsp3) is 0.857. The van der Waals surface area contributed by atoms with Gasteiger partial charge in [-0.2, -0.15) is 0 Å². The van der Waals surface area contributed by atoms with E-state index in [1.54, 1.807) is 0 Å². The van der Waals surface area contributed by atoms with Crippen molar-refractivity contribution in [2.75, 3.05) is 6.54 Å². The van der Waals surface area contributed by atoms with Gasteiger partial charge in [-0.25, -0.2) is 0 Å². The number of carbonyl (C=O) groups is 2. The number of hydrogen-bond donors (Lipinski definition) is 2. The van der Waals surface area contributed by atoms with Crippen molar-refractivity contribution >= 4 is 11.8 Å². The number of nitrogens with two attached hydrogens (primary N) is 1. The first-order valence-electron chi connectivity index (χ1n) is 7.04. The fourth-order valence-electron chi connectivity index (χ4n) is 3.20. The van der Waals surface area contributed by atoms with Gasteiger partial charge in [0.1, 0.15) is 0 Å². The van der Waals surface area contributed by atoms with Crippen LogP contribution in [0.5, 0.6) is 0 Å². The standard InChI is InChI=1S/C14H25NO3/c1-2-3-4-7-11(12(16)10-15)14(13(17)18)8-5-6-9-14/h11H,2-10,15H2,1H3,(H,17,18). The summed E-state index contributed by atoms with van der Waals surface area (Å²) >= 11 is 0. The molecule has 0 spiro atoms. The van der Waals surface area contributed by atoms with Crippen LogP contribution in [-0.2, 0) is 9.59 Å². The smallest absolute Gasteiger partial charge is 0.310 e. The highest BCUT2D eigenvalue weighted by molar-refractivity contribution is 5.89. The van der Waals surface area contributed by atoms with Crippen molar-refractivity contribution in [2.45, 2.75) is 58.3 Å². The maximum absolute atomic E-state index is 12.0. The summed E-state index contributed by atoms with van der Waals surface area (Å²) in [4.78, 5) is 23.6. The largest absolute Gasteiger partial charge is 0.481 e. The Labute approximate surface area is 109 Å². The highest BCUT2D eigenvalue weighted by Crippen LogP contribution is 2.46. The number of rotatable bonds is 8. The Kier molecular flexibility index (Phi) is 5.79. The van der Waals surface area contributed by atoms with Crippen molar-refractivity contribution in [3.05, 3.63) is 0 Å².